The lowest BCUT2D eigenvalue weighted by atomic mass is 9.78. The first-order valence-corrected chi connectivity index (χ1v) is 21.4. The van der Waals surface area contributed by atoms with E-state index >= 15 is 0 Å². The van der Waals surface area contributed by atoms with Gasteiger partial charge in [0.05, 0.1) is 61.5 Å². The lowest BCUT2D eigenvalue weighted by molar-refractivity contribution is -0.159. The number of methoxy groups -OCH3 is 5. The number of rotatable bonds is 18. The molecule has 0 spiro atoms. The number of ketones is 1. The molecule has 0 unspecified atom stereocenters. The van der Waals surface area contributed by atoms with Gasteiger partial charge in [-0.1, -0.05) is 70.6 Å². The monoisotopic (exact) mass is 852 g/mol. The fraction of sp³-hybridized carbons (Fsp3) is 0.761. The van der Waals surface area contributed by atoms with Gasteiger partial charge in [-0.3, -0.25) is 9.59 Å². The van der Waals surface area contributed by atoms with Crippen LogP contribution in [0, 0.1) is 35.5 Å². The van der Waals surface area contributed by atoms with Crippen molar-refractivity contribution in [1.82, 2.24) is 4.90 Å². The summed E-state index contributed by atoms with van der Waals surface area (Å²) in [4.78, 5) is 39.5. The van der Waals surface area contributed by atoms with Gasteiger partial charge in [-0.2, -0.15) is 0 Å². The summed E-state index contributed by atoms with van der Waals surface area (Å²) in [5.74, 6) is -3.15. The molecule has 0 saturated carbocycles. The van der Waals surface area contributed by atoms with E-state index in [1.54, 1.807) is 60.8 Å². The topological polar surface area (TPSA) is 180 Å². The number of ether oxygens (including phenoxy) is 7. The number of hydrogen-bond donors (Lipinski definition) is 3. The molecule has 2 aliphatic rings. The normalized spacial score (nSPS) is 32.8. The molecule has 0 fully saturated rings. The fourth-order valence-corrected chi connectivity index (χ4v) is 8.66. The minimum Gasteiger partial charge on any atom is -0.458 e. The van der Waals surface area contributed by atoms with Crippen LogP contribution in [0.25, 0.3) is 0 Å². The number of Topliss-reactive ketones (excluding diaryl/α,β-unsaturated/α-hetero) is 1. The van der Waals surface area contributed by atoms with Gasteiger partial charge in [0.25, 0.3) is 0 Å². The fourth-order valence-electron chi connectivity index (χ4n) is 8.66. The maximum Gasteiger partial charge on any atom is 0.331 e. The molecule has 0 aromatic heterocycles. The zero-order valence-corrected chi connectivity index (χ0v) is 38.2. The molecule has 14 nitrogen and oxygen atoms in total. The minimum atomic E-state index is -0.996. The molecule has 0 aromatic rings. The van der Waals surface area contributed by atoms with Crippen molar-refractivity contribution >= 4 is 18.2 Å². The van der Waals surface area contributed by atoms with Crippen molar-refractivity contribution in [1.29, 1.82) is 0 Å². The van der Waals surface area contributed by atoms with E-state index in [0.29, 0.717) is 44.1 Å². The van der Waals surface area contributed by atoms with Gasteiger partial charge in [0.15, 0.2) is 0 Å². The zero-order valence-electron chi connectivity index (χ0n) is 38.2. The van der Waals surface area contributed by atoms with Crippen LogP contribution < -0.4 is 0 Å². The molecular weight excluding hydrogens is 774 g/mol. The molecule has 1 amide bonds. The summed E-state index contributed by atoms with van der Waals surface area (Å²) in [6.07, 6.45) is 9.18. The Hall–Kier alpha value is -2.79. The minimum absolute atomic E-state index is 0.0143. The van der Waals surface area contributed by atoms with Crippen molar-refractivity contribution in [3.63, 3.8) is 0 Å². The van der Waals surface area contributed by atoms with Crippen LogP contribution in [0.4, 0.5) is 0 Å². The molecule has 0 aliphatic carbocycles. The number of amides is 1. The number of nitrogens with zero attached hydrogens (tertiary/aromatic N) is 1. The number of allylic oxidation sites excluding steroid dienone is 2. The summed E-state index contributed by atoms with van der Waals surface area (Å²) in [6, 6.07) is 0. The van der Waals surface area contributed by atoms with Crippen LogP contribution in [-0.4, -0.2) is 149 Å². The highest BCUT2D eigenvalue weighted by Crippen LogP contribution is 2.34. The van der Waals surface area contributed by atoms with Gasteiger partial charge in [-0.15, -0.1) is 0 Å². The molecule has 14 heteroatoms. The Morgan fingerprint density at radius 3 is 2.18 bits per heavy atom. The van der Waals surface area contributed by atoms with Gasteiger partial charge < -0.3 is 53.4 Å². The summed E-state index contributed by atoms with van der Waals surface area (Å²) >= 11 is 0. The van der Waals surface area contributed by atoms with Crippen LogP contribution in [0.5, 0.6) is 0 Å². The Morgan fingerprint density at radius 1 is 0.967 bits per heavy atom. The number of aliphatic hydroxyl groups is 3. The van der Waals surface area contributed by atoms with Gasteiger partial charge >= 0.3 is 5.97 Å². The number of cyclic esters (lactones) is 1. The summed E-state index contributed by atoms with van der Waals surface area (Å²) < 4.78 is 42.1. The first kappa shape index (κ1) is 53.3. The highest BCUT2D eigenvalue weighted by Gasteiger charge is 2.41. The summed E-state index contributed by atoms with van der Waals surface area (Å²) in [5, 5.41) is 33.8. The number of esters is 1. The standard InChI is InChI=1S/C46H77NO13/c1-28-16-19-43(52)60-46(33(6)44(53)29(2)17-18-37(50)31(4)45(58-12)30(3)20-21-47(7)27-49)32(5)39(54-8)25-41(56-10)36(26-48)40(55-9)23-34-14-13-15-35(59-34)24-42(57-11)38(51)22-28/h13,15-16,19-22,27,29-36,38-42,44-46,48,51,53H,14,17-18,23-26H2,1-12H3/b19-16?,21-20+,28-22+/t29-,30+,31-,32-,33-,34-,35-,36+,38-,39+,40-,41-,42+,44-,45+,46-/m0/s1. The third kappa shape index (κ3) is 16.2. The van der Waals surface area contributed by atoms with Crippen molar-refractivity contribution in [3.05, 3.63) is 48.2 Å². The summed E-state index contributed by atoms with van der Waals surface area (Å²) in [7, 11) is 9.47. The number of hydrogen-bond acceptors (Lipinski definition) is 13. The summed E-state index contributed by atoms with van der Waals surface area (Å²) in [6.45, 7) is 10.9. The average Bonchev–Trinajstić information content (AvgIpc) is 3.24. The second-order valence-electron chi connectivity index (χ2n) is 16.9. The molecule has 0 aromatic carbocycles. The largest absolute Gasteiger partial charge is 0.458 e. The Kier molecular flexibility index (Phi) is 24.3. The van der Waals surface area contributed by atoms with Crippen LogP contribution in [0.1, 0.15) is 80.1 Å². The van der Waals surface area contributed by atoms with Gasteiger partial charge in [0.2, 0.25) is 6.41 Å². The lowest BCUT2D eigenvalue weighted by Gasteiger charge is -2.39. The van der Waals surface area contributed by atoms with Crippen LogP contribution in [0.2, 0.25) is 0 Å². The van der Waals surface area contributed by atoms with Gasteiger partial charge in [0.1, 0.15) is 11.9 Å². The number of carbonyl (C=O) groups is 3. The second-order valence-corrected chi connectivity index (χ2v) is 16.9. The predicted octanol–water partition coefficient (Wildman–Crippen LogP) is 4.84. The second kappa shape index (κ2) is 27.3. The SMILES string of the molecule is CO[C@H]([C@H](C)/C=C/N(C)C=O)[C@@H](C)C(=O)CC[C@H](C)[C@H](O)[C@H](C)[C@H]1OC(=O)C=C/C(C)=C/[C@H](O)[C@H](OC)C[C@@H]2C=CC[C@@H](C[C@H](OC)[C@@H](CO)[C@@H](OC)C[C@@H](OC)[C@@H]1C)O2. The molecule has 3 N–H and O–H groups in total. The first-order valence-electron chi connectivity index (χ1n) is 21.4. The average molecular weight is 852 g/mol. The van der Waals surface area contributed by atoms with Gasteiger partial charge in [-0.05, 0) is 25.7 Å². The number of aliphatic hydroxyl groups excluding tert-OH is 3. The van der Waals surface area contributed by atoms with E-state index in [1.165, 1.54) is 18.1 Å². The number of carbonyl (C=O) groups excluding carboxylic acids is 3. The van der Waals surface area contributed by atoms with Crippen molar-refractivity contribution in [2.24, 2.45) is 35.5 Å². The smallest absolute Gasteiger partial charge is 0.331 e. The molecule has 60 heavy (non-hydrogen) atoms. The number of fused-ring (bicyclic) bond motifs is 2. The lowest BCUT2D eigenvalue weighted by Crippen LogP contribution is -2.47. The van der Waals surface area contributed by atoms with E-state index in [1.807, 2.05) is 46.8 Å². The third-order valence-corrected chi connectivity index (χ3v) is 12.6. The van der Waals surface area contributed by atoms with E-state index in [0.717, 1.165) is 0 Å². The van der Waals surface area contributed by atoms with Crippen LogP contribution in [0.3, 0.4) is 0 Å². The highest BCUT2D eigenvalue weighted by atomic mass is 16.6. The maximum absolute atomic E-state index is 13.6. The Labute approximate surface area is 359 Å². The van der Waals surface area contributed by atoms with Crippen molar-refractivity contribution in [2.75, 3.05) is 49.2 Å². The molecule has 2 heterocycles. The van der Waals surface area contributed by atoms with E-state index in [-0.39, 0.29) is 42.9 Å². The van der Waals surface area contributed by atoms with Crippen molar-refractivity contribution in [3.8, 4) is 0 Å². The van der Waals surface area contributed by atoms with Gasteiger partial charge in [0, 0.05) is 110 Å². The molecule has 0 saturated heterocycles. The van der Waals surface area contributed by atoms with E-state index in [9.17, 15) is 29.7 Å². The van der Waals surface area contributed by atoms with E-state index in [2.05, 4.69) is 6.08 Å². The maximum atomic E-state index is 13.6. The van der Waals surface area contributed by atoms with Crippen molar-refractivity contribution in [2.45, 2.75) is 141 Å². The van der Waals surface area contributed by atoms with E-state index in [4.69, 9.17) is 33.2 Å². The molecule has 344 valence electrons. The Balaban J connectivity index is 2.45. The predicted molar refractivity (Wildman–Crippen MR) is 229 cm³/mol. The molecule has 2 rings (SSSR count). The third-order valence-electron chi connectivity index (χ3n) is 12.6. The van der Waals surface area contributed by atoms with Crippen LogP contribution >= 0.6 is 0 Å². The van der Waals surface area contributed by atoms with Crippen LogP contribution in [-0.2, 0) is 47.5 Å². The summed E-state index contributed by atoms with van der Waals surface area (Å²) in [5.41, 5.74) is 0.615. The molecule has 2 bridgehead atoms. The highest BCUT2D eigenvalue weighted by molar-refractivity contribution is 5.82. The molecular formula is C46H77NO13. The van der Waals surface area contributed by atoms with Crippen molar-refractivity contribution < 1.29 is 62.9 Å². The Bertz CT molecular complexity index is 1400. The first-order chi connectivity index (χ1) is 28.5. The molecule has 2 aliphatic heterocycles. The zero-order chi connectivity index (χ0) is 45.1. The van der Waals surface area contributed by atoms with E-state index < -0.39 is 78.5 Å². The van der Waals surface area contributed by atoms with Gasteiger partial charge in [-0.25, -0.2) is 4.79 Å². The quantitative estimate of drug-likeness (QED) is 0.0971. The molecule has 16 atom stereocenters. The van der Waals surface area contributed by atoms with Crippen LogP contribution in [0.15, 0.2) is 48.2 Å². The Morgan fingerprint density at radius 2 is 1.60 bits per heavy atom. The molecule has 0 radical (unpaired) electrons.